The van der Waals surface area contributed by atoms with Crippen LogP contribution in [0.5, 0.6) is 0 Å². The van der Waals surface area contributed by atoms with Crippen LogP contribution in [0.1, 0.15) is 31.9 Å². The van der Waals surface area contributed by atoms with Crippen LogP contribution in [0, 0.1) is 17.2 Å². The zero-order chi connectivity index (χ0) is 13.2. The Morgan fingerprint density at radius 1 is 1.61 bits per heavy atom. The van der Waals surface area contributed by atoms with Gasteiger partial charge in [-0.3, -0.25) is 0 Å². The first-order valence-electron chi connectivity index (χ1n) is 5.90. The van der Waals surface area contributed by atoms with E-state index in [0.717, 1.165) is 6.42 Å². The number of hydrogen-bond acceptors (Lipinski definition) is 4. The molecule has 6 heteroatoms. The van der Waals surface area contributed by atoms with E-state index in [-0.39, 0.29) is 16.6 Å². The van der Waals surface area contributed by atoms with Crippen molar-refractivity contribution in [3.63, 3.8) is 0 Å². The fourth-order valence-corrected chi connectivity index (χ4v) is 3.28. The number of sulfonamides is 1. The molecule has 1 N–H and O–H groups in total. The van der Waals surface area contributed by atoms with Crippen LogP contribution in [0.3, 0.4) is 0 Å². The minimum atomic E-state index is -3.66. The highest BCUT2D eigenvalue weighted by Gasteiger charge is 2.27. The van der Waals surface area contributed by atoms with Gasteiger partial charge in [-0.25, -0.2) is 18.1 Å². The first-order valence-corrected chi connectivity index (χ1v) is 7.38. The molecule has 1 aliphatic rings. The Morgan fingerprint density at radius 2 is 2.33 bits per heavy atom. The molecule has 1 aromatic heterocycles. The molecule has 2 rings (SSSR count). The van der Waals surface area contributed by atoms with Gasteiger partial charge in [-0.1, -0.05) is 12.8 Å². The number of nitrogens with zero attached hydrogens (tertiary/aromatic N) is 2. The van der Waals surface area contributed by atoms with Crippen LogP contribution in [0.2, 0.25) is 0 Å². The normalized spacial score (nSPS) is 17.1. The fourth-order valence-electron chi connectivity index (χ4n) is 1.92. The molecule has 5 nitrogen and oxygen atoms in total. The van der Waals surface area contributed by atoms with E-state index in [1.54, 1.807) is 6.07 Å². The maximum Gasteiger partial charge on any atom is 0.243 e. The van der Waals surface area contributed by atoms with Crippen molar-refractivity contribution in [2.24, 2.45) is 5.92 Å². The Balaban J connectivity index is 2.16. The molecule has 1 unspecified atom stereocenters. The highest BCUT2D eigenvalue weighted by molar-refractivity contribution is 7.89. The summed E-state index contributed by atoms with van der Waals surface area (Å²) in [5, 5.41) is 8.87. The first-order chi connectivity index (χ1) is 8.53. The van der Waals surface area contributed by atoms with E-state index in [0.29, 0.717) is 5.92 Å². The lowest BCUT2D eigenvalue weighted by Gasteiger charge is -2.14. The van der Waals surface area contributed by atoms with Gasteiger partial charge in [0, 0.05) is 12.2 Å². The van der Waals surface area contributed by atoms with E-state index in [4.69, 9.17) is 5.26 Å². The van der Waals surface area contributed by atoms with Crippen molar-refractivity contribution in [3.8, 4) is 6.07 Å². The van der Waals surface area contributed by atoms with Crippen LogP contribution in [0.4, 0.5) is 0 Å². The van der Waals surface area contributed by atoms with Crippen molar-refractivity contribution in [3.05, 3.63) is 24.0 Å². The molecule has 96 valence electrons. The Kier molecular flexibility index (Phi) is 3.64. The lowest BCUT2D eigenvalue weighted by Crippen LogP contribution is -2.33. The van der Waals surface area contributed by atoms with Crippen LogP contribution in [0.15, 0.2) is 23.2 Å². The van der Waals surface area contributed by atoms with E-state index in [1.807, 2.05) is 6.92 Å². The largest absolute Gasteiger partial charge is 0.244 e. The third kappa shape index (κ3) is 3.06. The monoisotopic (exact) mass is 265 g/mol. The third-order valence-corrected chi connectivity index (χ3v) is 4.53. The van der Waals surface area contributed by atoms with Gasteiger partial charge < -0.3 is 0 Å². The predicted octanol–water partition coefficient (Wildman–Crippen LogP) is 1.42. The predicted molar refractivity (Wildman–Crippen MR) is 66.1 cm³/mol. The lowest BCUT2D eigenvalue weighted by atomic mass is 10.2. The second-order valence-corrected chi connectivity index (χ2v) is 6.35. The van der Waals surface area contributed by atoms with E-state index in [2.05, 4.69) is 9.71 Å². The summed E-state index contributed by atoms with van der Waals surface area (Å²) < 4.78 is 26.8. The van der Waals surface area contributed by atoms with E-state index >= 15 is 0 Å². The van der Waals surface area contributed by atoms with Gasteiger partial charge in [-0.05, 0) is 31.4 Å². The average molecular weight is 265 g/mol. The number of hydrogen-bond donors (Lipinski definition) is 1. The summed E-state index contributed by atoms with van der Waals surface area (Å²) in [5.74, 6) is 0.645. The molecule has 1 aliphatic carbocycles. The van der Waals surface area contributed by atoms with E-state index < -0.39 is 10.0 Å². The van der Waals surface area contributed by atoms with Crippen molar-refractivity contribution in [1.82, 2.24) is 9.71 Å². The zero-order valence-electron chi connectivity index (χ0n) is 10.1. The number of nitriles is 1. The Morgan fingerprint density at radius 3 is 2.94 bits per heavy atom. The molecule has 1 aromatic rings. The molecule has 18 heavy (non-hydrogen) atoms. The maximum atomic E-state index is 12.1. The van der Waals surface area contributed by atoms with Gasteiger partial charge in [0.1, 0.15) is 11.0 Å². The molecular formula is C12H15N3O2S. The molecule has 1 fully saturated rings. The zero-order valence-corrected chi connectivity index (χ0v) is 10.9. The van der Waals surface area contributed by atoms with Crippen molar-refractivity contribution >= 4 is 10.0 Å². The van der Waals surface area contributed by atoms with Gasteiger partial charge in [0.2, 0.25) is 10.0 Å². The molecule has 0 amide bonds. The molecule has 0 radical (unpaired) electrons. The van der Waals surface area contributed by atoms with Crippen molar-refractivity contribution < 1.29 is 8.42 Å². The highest BCUT2D eigenvalue weighted by atomic mass is 32.2. The summed E-state index contributed by atoms with van der Waals surface area (Å²) in [6.45, 7) is 1.85. The van der Waals surface area contributed by atoms with Gasteiger partial charge in [0.05, 0.1) is 0 Å². The van der Waals surface area contributed by atoms with Crippen molar-refractivity contribution in [2.75, 3.05) is 0 Å². The van der Waals surface area contributed by atoms with Crippen LogP contribution in [-0.2, 0) is 10.0 Å². The molecule has 0 saturated heterocycles. The van der Waals surface area contributed by atoms with Gasteiger partial charge in [0.25, 0.3) is 0 Å². The third-order valence-electron chi connectivity index (χ3n) is 2.91. The maximum absolute atomic E-state index is 12.1. The average Bonchev–Trinajstić information content (AvgIpc) is 3.12. The van der Waals surface area contributed by atoms with Gasteiger partial charge >= 0.3 is 0 Å². The molecular weight excluding hydrogens is 250 g/mol. The highest BCUT2D eigenvalue weighted by Crippen LogP contribution is 2.33. The second kappa shape index (κ2) is 5.04. The van der Waals surface area contributed by atoms with Crippen molar-refractivity contribution in [1.29, 1.82) is 5.26 Å². The van der Waals surface area contributed by atoms with Crippen LogP contribution in [-0.4, -0.2) is 19.4 Å². The van der Waals surface area contributed by atoms with Crippen LogP contribution in [0.25, 0.3) is 0 Å². The number of pyridine rings is 1. The number of aromatic nitrogens is 1. The lowest BCUT2D eigenvalue weighted by molar-refractivity contribution is 0.529. The summed E-state index contributed by atoms with van der Waals surface area (Å²) >= 11 is 0. The molecule has 1 saturated carbocycles. The number of rotatable bonds is 5. The summed E-state index contributed by atoms with van der Waals surface area (Å²) in [5.41, 5.74) is -0.0661. The minimum absolute atomic E-state index is 0.0462. The SMILES string of the molecule is CC(CC1CC1)NS(=O)(=O)c1cccnc1C#N. The Hall–Kier alpha value is -1.45. The summed E-state index contributed by atoms with van der Waals surface area (Å²) in [6.07, 6.45) is 4.62. The quantitative estimate of drug-likeness (QED) is 0.872. The van der Waals surface area contributed by atoms with Gasteiger partial charge in [-0.15, -0.1) is 0 Å². The number of nitrogens with one attached hydrogen (secondary N) is 1. The van der Waals surface area contributed by atoms with E-state index in [1.165, 1.54) is 31.2 Å². The second-order valence-electron chi connectivity index (χ2n) is 4.66. The molecule has 0 aliphatic heterocycles. The smallest absolute Gasteiger partial charge is 0.243 e. The molecule has 0 bridgehead atoms. The summed E-state index contributed by atoms with van der Waals surface area (Å²) in [7, 11) is -3.66. The summed E-state index contributed by atoms with van der Waals surface area (Å²) in [4.78, 5) is 3.72. The van der Waals surface area contributed by atoms with Crippen LogP contribution < -0.4 is 4.72 Å². The summed E-state index contributed by atoms with van der Waals surface area (Å²) in [6, 6.07) is 4.60. The van der Waals surface area contributed by atoms with Crippen LogP contribution >= 0.6 is 0 Å². The molecule has 1 heterocycles. The standard InChI is InChI=1S/C12H15N3O2S/c1-9(7-10-4-5-10)15-18(16,17)12-3-2-6-14-11(12)8-13/h2-3,6,9-10,15H,4-5,7H2,1H3. The minimum Gasteiger partial charge on any atom is -0.244 e. The first kappa shape index (κ1) is 13.0. The Bertz CT molecular complexity index is 573. The van der Waals surface area contributed by atoms with Gasteiger partial charge in [0.15, 0.2) is 5.69 Å². The molecule has 1 atom stereocenters. The topological polar surface area (TPSA) is 82.8 Å². The van der Waals surface area contributed by atoms with Gasteiger partial charge in [-0.2, -0.15) is 5.26 Å². The van der Waals surface area contributed by atoms with E-state index in [9.17, 15) is 8.42 Å². The van der Waals surface area contributed by atoms with Crippen molar-refractivity contribution in [2.45, 2.75) is 37.1 Å². The Labute approximate surface area is 107 Å². The molecule has 0 spiro atoms. The molecule has 0 aromatic carbocycles. The fraction of sp³-hybridized carbons (Fsp3) is 0.500.